The second kappa shape index (κ2) is 5.92. The molecule has 0 spiro atoms. The van der Waals surface area contributed by atoms with Crippen LogP contribution < -0.4 is 4.72 Å². The molecule has 3 aromatic rings. The molecule has 3 heterocycles. The quantitative estimate of drug-likeness (QED) is 0.679. The second-order valence-electron chi connectivity index (χ2n) is 4.50. The molecule has 0 saturated carbocycles. The molecule has 0 radical (unpaired) electrons. The van der Waals surface area contributed by atoms with E-state index in [1.165, 1.54) is 11.3 Å². The number of thiophene rings is 1. The Morgan fingerprint density at radius 1 is 1.29 bits per heavy atom. The number of aromatic nitrogens is 3. The van der Waals surface area contributed by atoms with Gasteiger partial charge in [0.05, 0.1) is 0 Å². The van der Waals surface area contributed by atoms with Crippen LogP contribution in [0.2, 0.25) is 0 Å². The average molecular weight is 322 g/mol. The minimum Gasteiger partial charge on any atom is -0.345 e. The number of hydrogen-bond acceptors (Lipinski definition) is 5. The smallest absolute Gasteiger partial charge is 0.250 e. The lowest BCUT2D eigenvalue weighted by Crippen LogP contribution is -2.24. The van der Waals surface area contributed by atoms with Crippen molar-refractivity contribution in [1.82, 2.24) is 19.7 Å². The largest absolute Gasteiger partial charge is 0.345 e. The Morgan fingerprint density at radius 3 is 2.95 bits per heavy atom. The van der Waals surface area contributed by atoms with E-state index in [1.807, 2.05) is 6.20 Å². The number of hydrogen-bond donors (Lipinski definition) is 2. The van der Waals surface area contributed by atoms with Crippen molar-refractivity contribution in [3.05, 3.63) is 41.7 Å². The number of nitrogens with one attached hydrogen (secondary N) is 2. The zero-order valence-electron chi connectivity index (χ0n) is 11.1. The number of aromatic amines is 1. The Hall–Kier alpha value is -1.77. The van der Waals surface area contributed by atoms with Crippen LogP contribution >= 0.6 is 11.3 Å². The van der Waals surface area contributed by atoms with Gasteiger partial charge in [-0.25, -0.2) is 18.1 Å². The number of sulfonamides is 1. The van der Waals surface area contributed by atoms with E-state index in [2.05, 4.69) is 19.7 Å². The summed E-state index contributed by atoms with van der Waals surface area (Å²) in [5.74, 6) is 0. The highest BCUT2D eigenvalue weighted by molar-refractivity contribution is 7.91. The van der Waals surface area contributed by atoms with Crippen molar-refractivity contribution in [2.45, 2.75) is 17.1 Å². The molecular weight excluding hydrogens is 308 g/mol. The van der Waals surface area contributed by atoms with E-state index >= 15 is 0 Å². The Morgan fingerprint density at radius 2 is 2.14 bits per heavy atom. The topological polar surface area (TPSA) is 87.7 Å². The molecule has 0 atom stereocenters. The van der Waals surface area contributed by atoms with Crippen molar-refractivity contribution in [3.63, 3.8) is 0 Å². The van der Waals surface area contributed by atoms with E-state index in [1.54, 1.807) is 29.9 Å². The first-order valence-corrected chi connectivity index (χ1v) is 8.83. The molecular formula is C13H14N4O2S2. The average Bonchev–Trinajstić information content (AvgIpc) is 3.14. The standard InChI is InChI=1S/C13H14N4O2S2/c18-21(19,11-4-2-8-20-11)17-5-1-3-10-9-16-13-12(10)14-6-7-15-13/h2,4,6-9,17H,1,3,5H2,(H,15,16). The van der Waals surface area contributed by atoms with Gasteiger partial charge >= 0.3 is 0 Å². The van der Waals surface area contributed by atoms with E-state index in [0.29, 0.717) is 17.2 Å². The fourth-order valence-corrected chi connectivity index (χ4v) is 4.18. The summed E-state index contributed by atoms with van der Waals surface area (Å²) >= 11 is 1.21. The highest BCUT2D eigenvalue weighted by Crippen LogP contribution is 2.16. The Bertz CT molecular complexity index is 825. The fourth-order valence-electron chi connectivity index (χ4n) is 2.07. The van der Waals surface area contributed by atoms with E-state index in [-0.39, 0.29) is 0 Å². The zero-order chi connectivity index (χ0) is 14.7. The predicted molar refractivity (Wildman–Crippen MR) is 81.7 cm³/mol. The molecule has 8 heteroatoms. The van der Waals surface area contributed by atoms with Crippen LogP contribution in [0.1, 0.15) is 12.0 Å². The second-order valence-corrected chi connectivity index (χ2v) is 7.44. The molecule has 0 fully saturated rings. The van der Waals surface area contributed by atoms with Gasteiger partial charge in [-0.15, -0.1) is 11.3 Å². The molecule has 110 valence electrons. The van der Waals surface area contributed by atoms with Gasteiger partial charge in [-0.05, 0) is 29.9 Å². The number of nitrogens with zero attached hydrogens (tertiary/aromatic N) is 2. The van der Waals surface area contributed by atoms with Crippen LogP contribution in [0.5, 0.6) is 0 Å². The summed E-state index contributed by atoms with van der Waals surface area (Å²) in [6.07, 6.45) is 6.61. The van der Waals surface area contributed by atoms with Crippen molar-refractivity contribution in [2.75, 3.05) is 6.54 Å². The maximum absolute atomic E-state index is 11.9. The lowest BCUT2D eigenvalue weighted by atomic mass is 10.2. The van der Waals surface area contributed by atoms with Gasteiger partial charge in [-0.1, -0.05) is 6.07 Å². The van der Waals surface area contributed by atoms with Crippen molar-refractivity contribution in [2.24, 2.45) is 0 Å². The minimum absolute atomic E-state index is 0.348. The number of aryl methyl sites for hydroxylation is 1. The summed E-state index contributed by atoms with van der Waals surface area (Å²) in [7, 11) is -3.37. The number of H-pyrrole nitrogens is 1. The summed E-state index contributed by atoms with van der Waals surface area (Å²) in [5, 5.41) is 1.75. The van der Waals surface area contributed by atoms with Gasteiger partial charge in [0.15, 0.2) is 5.65 Å². The molecule has 3 rings (SSSR count). The fraction of sp³-hybridized carbons (Fsp3) is 0.231. The summed E-state index contributed by atoms with van der Waals surface area (Å²) in [4.78, 5) is 11.5. The minimum atomic E-state index is -3.37. The molecule has 0 bridgehead atoms. The first-order valence-electron chi connectivity index (χ1n) is 6.47. The van der Waals surface area contributed by atoms with Gasteiger partial charge in [0.2, 0.25) is 10.0 Å². The summed E-state index contributed by atoms with van der Waals surface area (Å²) in [5.41, 5.74) is 2.65. The SMILES string of the molecule is O=S(=O)(NCCCc1c[nH]c2nccnc12)c1cccs1. The Labute approximate surface area is 126 Å². The summed E-state index contributed by atoms with van der Waals surface area (Å²) < 4.78 is 26.8. The number of fused-ring (bicyclic) bond motifs is 1. The highest BCUT2D eigenvalue weighted by atomic mass is 32.2. The molecule has 0 amide bonds. The first-order chi connectivity index (χ1) is 10.2. The highest BCUT2D eigenvalue weighted by Gasteiger charge is 2.14. The third-order valence-electron chi connectivity index (χ3n) is 3.06. The van der Waals surface area contributed by atoms with Crippen LogP contribution in [0.4, 0.5) is 0 Å². The van der Waals surface area contributed by atoms with Crippen LogP contribution in [0.3, 0.4) is 0 Å². The Balaban J connectivity index is 1.57. The van der Waals surface area contributed by atoms with Crippen molar-refractivity contribution in [3.8, 4) is 0 Å². The third-order valence-corrected chi connectivity index (χ3v) is 5.92. The third kappa shape index (κ3) is 3.12. The first kappa shape index (κ1) is 14.2. The van der Waals surface area contributed by atoms with Gasteiger partial charge in [-0.2, -0.15) is 0 Å². The molecule has 0 saturated heterocycles. The normalized spacial score (nSPS) is 12.0. The van der Waals surface area contributed by atoms with Crippen LogP contribution in [0.15, 0.2) is 40.3 Å². The van der Waals surface area contributed by atoms with Crippen molar-refractivity contribution < 1.29 is 8.42 Å². The molecule has 6 nitrogen and oxygen atoms in total. The molecule has 0 unspecified atom stereocenters. The van der Waals surface area contributed by atoms with Gasteiger partial charge in [0, 0.05) is 25.1 Å². The van der Waals surface area contributed by atoms with E-state index in [0.717, 1.165) is 23.1 Å². The molecule has 0 aliphatic heterocycles. The van der Waals surface area contributed by atoms with Crippen LogP contribution in [0, 0.1) is 0 Å². The lowest BCUT2D eigenvalue weighted by molar-refractivity contribution is 0.581. The maximum Gasteiger partial charge on any atom is 0.250 e. The van der Waals surface area contributed by atoms with Gasteiger partial charge in [0.1, 0.15) is 9.73 Å². The zero-order valence-corrected chi connectivity index (χ0v) is 12.7. The van der Waals surface area contributed by atoms with E-state index in [9.17, 15) is 8.42 Å². The molecule has 0 aliphatic rings. The number of rotatable bonds is 6. The van der Waals surface area contributed by atoms with Gasteiger partial charge in [-0.3, -0.25) is 4.98 Å². The van der Waals surface area contributed by atoms with E-state index < -0.39 is 10.0 Å². The molecule has 21 heavy (non-hydrogen) atoms. The Kier molecular flexibility index (Phi) is 4.00. The van der Waals surface area contributed by atoms with Crippen LogP contribution in [-0.4, -0.2) is 29.9 Å². The maximum atomic E-state index is 11.9. The van der Waals surface area contributed by atoms with Crippen molar-refractivity contribution in [1.29, 1.82) is 0 Å². The molecule has 3 aromatic heterocycles. The monoisotopic (exact) mass is 322 g/mol. The predicted octanol–water partition coefficient (Wildman–Crippen LogP) is 1.93. The van der Waals surface area contributed by atoms with Crippen molar-refractivity contribution >= 4 is 32.5 Å². The van der Waals surface area contributed by atoms with Gasteiger partial charge < -0.3 is 4.98 Å². The van der Waals surface area contributed by atoms with Crippen LogP contribution in [-0.2, 0) is 16.4 Å². The van der Waals surface area contributed by atoms with E-state index in [4.69, 9.17) is 0 Å². The molecule has 0 aromatic carbocycles. The van der Waals surface area contributed by atoms with Crippen LogP contribution in [0.25, 0.3) is 11.2 Å². The van der Waals surface area contributed by atoms with Gasteiger partial charge in [0.25, 0.3) is 0 Å². The lowest BCUT2D eigenvalue weighted by Gasteiger charge is -2.04. The molecule has 2 N–H and O–H groups in total. The molecule has 0 aliphatic carbocycles. The summed E-state index contributed by atoms with van der Waals surface area (Å²) in [6.45, 7) is 0.396. The summed E-state index contributed by atoms with van der Waals surface area (Å²) in [6, 6.07) is 3.33.